The van der Waals surface area contributed by atoms with E-state index in [1.54, 1.807) is 42.2 Å². The van der Waals surface area contributed by atoms with Crippen LogP contribution in [-0.2, 0) is 0 Å². The van der Waals surface area contributed by atoms with Crippen LogP contribution in [0.3, 0.4) is 0 Å². The summed E-state index contributed by atoms with van der Waals surface area (Å²) >= 11 is 55.1. The minimum atomic E-state index is 0.569. The molecule has 17 rings (SSSR count). The number of thiophene rings is 2. The summed E-state index contributed by atoms with van der Waals surface area (Å²) in [6.45, 7) is 20.3. The highest BCUT2D eigenvalue weighted by molar-refractivity contribution is 7.18. The van der Waals surface area contributed by atoms with Gasteiger partial charge in [-0.1, -0.05) is 135 Å². The molecule has 0 bridgehead atoms. The molecule has 4 aromatic carbocycles. The fourth-order valence-corrected chi connectivity index (χ4v) is 13.4. The lowest BCUT2D eigenvalue weighted by molar-refractivity contribution is 1.22. The summed E-state index contributed by atoms with van der Waals surface area (Å²) in [6, 6.07) is 45.9. The van der Waals surface area contributed by atoms with Gasteiger partial charge >= 0.3 is 0 Å². The number of aromatic nitrogens is 11. The van der Waals surface area contributed by atoms with Crippen molar-refractivity contribution in [1.29, 1.82) is 0 Å². The van der Waals surface area contributed by atoms with Gasteiger partial charge in [-0.2, -0.15) is 0 Å². The SMILES string of the molecule is Cc1cc2[nH]cc(Cl)c2cn1.Cc1cc2cc(Cl)ccc2[nH]1.Cc1cc2cc(Cl)cnc2[nH]1.Cc1cc2ccc(Cl)nc2s1.Cc1ccc2c(C)c[nH]c2c1.Cc1ccc2c(Cl)c[nH]c2c1.Cc1ccc2c(Cl)c[nH]c2n1.Cc1cnc2cc(Cl)ccc2c1.Cc1sc(Cl)cc1Cl. The summed E-state index contributed by atoms with van der Waals surface area (Å²) < 4.78 is 0.757. The number of nitrogens with zero attached hydrogens (tertiary/aromatic N) is 5. The first-order valence-electron chi connectivity index (χ1n) is 30.1. The Balaban J connectivity index is 0.000000128. The van der Waals surface area contributed by atoms with Crippen LogP contribution in [0.4, 0.5) is 0 Å². The largest absolute Gasteiger partial charge is 0.361 e. The second-order valence-corrected chi connectivity index (χ2v) is 29.1. The number of fused-ring (bicyclic) bond motifs is 8. The Morgan fingerprint density at radius 1 is 0.351 bits per heavy atom. The maximum atomic E-state index is 5.89. The smallest absolute Gasteiger partial charge is 0.139 e. The highest BCUT2D eigenvalue weighted by Crippen LogP contribution is 2.30. The van der Waals surface area contributed by atoms with Gasteiger partial charge in [0, 0.05) is 146 Å². The number of halogens is 9. The third kappa shape index (κ3) is 21.0. The maximum Gasteiger partial charge on any atom is 0.139 e. The molecule has 0 aliphatic heterocycles. The van der Waals surface area contributed by atoms with E-state index in [1.165, 1.54) is 65.8 Å². The summed E-state index contributed by atoms with van der Waals surface area (Å²) in [6.07, 6.45) is 12.6. The summed E-state index contributed by atoms with van der Waals surface area (Å²) in [7, 11) is 0. The van der Waals surface area contributed by atoms with E-state index >= 15 is 0 Å². The van der Waals surface area contributed by atoms with Crippen molar-refractivity contribution in [3.05, 3.63) is 282 Å². The molecule has 0 saturated carbocycles. The molecule has 0 amide bonds. The molecule has 11 nitrogen and oxygen atoms in total. The summed E-state index contributed by atoms with van der Waals surface area (Å²) in [5.74, 6) is 0. The molecule has 0 spiro atoms. The predicted molar refractivity (Wildman–Crippen MR) is 421 cm³/mol. The first kappa shape index (κ1) is 73.6. The molecule has 97 heavy (non-hydrogen) atoms. The number of hydrogen-bond acceptors (Lipinski definition) is 7. The van der Waals surface area contributed by atoms with Gasteiger partial charge in [0.05, 0.1) is 40.5 Å². The fourth-order valence-electron chi connectivity index (χ4n) is 9.77. The van der Waals surface area contributed by atoms with Gasteiger partial charge in [0.15, 0.2) is 0 Å². The van der Waals surface area contributed by atoms with Crippen molar-refractivity contribution in [3.8, 4) is 0 Å². The molecule has 0 radical (unpaired) electrons. The molecular formula is C75H66Cl9N11S2. The van der Waals surface area contributed by atoms with Gasteiger partial charge in [0.25, 0.3) is 0 Å². The second kappa shape index (κ2) is 34.3. The van der Waals surface area contributed by atoms with Crippen molar-refractivity contribution >= 4 is 214 Å². The van der Waals surface area contributed by atoms with Crippen LogP contribution < -0.4 is 0 Å². The quantitative estimate of drug-likeness (QED) is 0.0833. The van der Waals surface area contributed by atoms with Crippen molar-refractivity contribution in [2.75, 3.05) is 0 Å². The third-order valence-corrected chi connectivity index (χ3v) is 19.0. The average Bonchev–Trinajstić information content (AvgIpc) is 1.85. The van der Waals surface area contributed by atoms with Crippen LogP contribution in [0.2, 0.25) is 44.6 Å². The molecule has 496 valence electrons. The number of aromatic amines is 6. The van der Waals surface area contributed by atoms with Crippen molar-refractivity contribution in [1.82, 2.24) is 54.8 Å². The zero-order valence-electron chi connectivity index (χ0n) is 54.3. The van der Waals surface area contributed by atoms with E-state index in [2.05, 4.69) is 131 Å². The standard InChI is InChI=1S/C10H8ClN.C10H11N.2C9H8ClN.3C8H7ClN2.C8H6ClNS.C5H4Cl2S/c1-7-4-8-2-3-9(11)5-10(8)12-6-7;1-7-3-4-9-8(2)6-11-10(9)5-7;1-6-4-7-5-8(10)2-3-9(7)11-6;1-6-2-3-7-8(10)5-11-9(7)4-6;1-5-2-8-6(3-10-5)7(9)4-11-8;1-5-2-6-3-7(9)4-10-8(6)11-5;1-5-2-3-6-7(9)4-10-8(6)11-5;1-5-4-6-2-3-7(9)10-8(6)11-5;1-3-4(6)2-5(7)8-3/h2-6H,1H3;3-6,11H,1-2H3;2*2-5,11H,1H3;2-4,11H,1H3;2*2-4H,1H3,(H,10,11);2-4H,1H3;2H,1H3. The lowest BCUT2D eigenvalue weighted by Gasteiger charge is -1.98. The van der Waals surface area contributed by atoms with E-state index < -0.39 is 0 Å². The topological polar surface area (TPSA) is 159 Å². The molecule has 22 heteroatoms. The summed E-state index contributed by atoms with van der Waals surface area (Å²) in [4.78, 5) is 43.0. The van der Waals surface area contributed by atoms with E-state index in [-0.39, 0.29) is 0 Å². The lowest BCUT2D eigenvalue weighted by atomic mass is 10.1. The Morgan fingerprint density at radius 2 is 0.959 bits per heavy atom. The normalized spacial score (nSPS) is 10.6. The van der Waals surface area contributed by atoms with Crippen molar-refractivity contribution < 1.29 is 0 Å². The highest BCUT2D eigenvalue weighted by Gasteiger charge is 2.06. The highest BCUT2D eigenvalue weighted by atomic mass is 35.5. The average molecular weight is 1500 g/mol. The van der Waals surface area contributed by atoms with Crippen molar-refractivity contribution in [2.45, 2.75) is 69.2 Å². The Bertz CT molecular complexity index is 4890. The number of nitrogens with one attached hydrogen (secondary N) is 6. The molecule has 13 aromatic heterocycles. The lowest BCUT2D eigenvalue weighted by Crippen LogP contribution is -1.80. The molecule has 0 fully saturated rings. The molecule has 0 aliphatic carbocycles. The number of H-pyrrole nitrogens is 6. The minimum Gasteiger partial charge on any atom is -0.361 e. The predicted octanol–water partition coefficient (Wildman–Crippen LogP) is 26.4. The van der Waals surface area contributed by atoms with Crippen molar-refractivity contribution in [3.63, 3.8) is 0 Å². The van der Waals surface area contributed by atoms with Gasteiger partial charge in [0.2, 0.25) is 0 Å². The molecule has 0 unspecified atom stereocenters. The number of rotatable bonds is 0. The molecule has 0 atom stereocenters. The van der Waals surface area contributed by atoms with Gasteiger partial charge in [-0.25, -0.2) is 15.0 Å². The van der Waals surface area contributed by atoms with Crippen LogP contribution in [-0.4, -0.2) is 54.8 Å². The first-order chi connectivity index (χ1) is 46.3. The molecule has 6 N–H and O–H groups in total. The molecule has 0 aliphatic rings. The van der Waals surface area contributed by atoms with Gasteiger partial charge in [0.1, 0.15) is 21.3 Å². The Kier molecular flexibility index (Phi) is 26.0. The number of benzene rings is 4. The number of aryl methyl sites for hydroxylation is 10. The Labute approximate surface area is 614 Å². The van der Waals surface area contributed by atoms with Gasteiger partial charge in [-0.05, 0) is 201 Å². The van der Waals surface area contributed by atoms with E-state index in [0.29, 0.717) is 10.2 Å². The number of hydrogen-bond donors (Lipinski definition) is 6. The van der Waals surface area contributed by atoms with Crippen LogP contribution in [0.25, 0.3) is 86.8 Å². The minimum absolute atomic E-state index is 0.569. The van der Waals surface area contributed by atoms with Gasteiger partial charge in [-0.3, -0.25) is 9.97 Å². The van der Waals surface area contributed by atoms with Crippen molar-refractivity contribution in [2.24, 2.45) is 0 Å². The Morgan fingerprint density at radius 3 is 1.67 bits per heavy atom. The van der Waals surface area contributed by atoms with E-state index in [1.807, 2.05) is 145 Å². The van der Waals surface area contributed by atoms with Gasteiger partial charge in [-0.15, -0.1) is 22.7 Å². The molecule has 0 saturated heterocycles. The zero-order valence-corrected chi connectivity index (χ0v) is 62.7. The monoisotopic (exact) mass is 1500 g/mol. The number of pyridine rings is 5. The summed E-state index contributed by atoms with van der Waals surface area (Å²) in [5, 5.41) is 14.7. The fraction of sp³-hybridized carbons (Fsp3) is 0.133. The summed E-state index contributed by atoms with van der Waals surface area (Å²) in [5.41, 5.74) is 16.5. The van der Waals surface area contributed by atoms with Crippen LogP contribution >= 0.6 is 127 Å². The van der Waals surface area contributed by atoms with Gasteiger partial charge < -0.3 is 29.9 Å². The molecule has 13 heterocycles. The van der Waals surface area contributed by atoms with Crippen LogP contribution in [0.15, 0.2) is 183 Å². The first-order valence-corrected chi connectivity index (χ1v) is 35.1. The van der Waals surface area contributed by atoms with E-state index in [0.717, 1.165) is 122 Å². The molecule has 17 aromatic rings. The van der Waals surface area contributed by atoms with Crippen LogP contribution in [0.5, 0.6) is 0 Å². The van der Waals surface area contributed by atoms with E-state index in [4.69, 9.17) is 104 Å². The van der Waals surface area contributed by atoms with Crippen LogP contribution in [0, 0.1) is 69.2 Å². The third-order valence-electron chi connectivity index (χ3n) is 14.5. The van der Waals surface area contributed by atoms with Crippen LogP contribution in [0.1, 0.15) is 54.8 Å². The molecular weight excluding hydrogens is 1440 g/mol. The van der Waals surface area contributed by atoms with E-state index in [9.17, 15) is 0 Å². The second-order valence-electron chi connectivity index (χ2n) is 22.6. The maximum absolute atomic E-state index is 5.89. The Hall–Kier alpha value is -7.60. The zero-order chi connectivity index (χ0) is 69.6.